The highest BCUT2D eigenvalue weighted by molar-refractivity contribution is 7.11. The van der Waals surface area contributed by atoms with E-state index >= 15 is 0 Å². The summed E-state index contributed by atoms with van der Waals surface area (Å²) in [7, 11) is 0. The van der Waals surface area contributed by atoms with Gasteiger partial charge in [-0.25, -0.2) is 4.98 Å². The number of hydrogen-bond acceptors (Lipinski definition) is 4. The highest BCUT2D eigenvalue weighted by atomic mass is 32.1. The SMILES string of the molecule is Cc1ncc([C@H]2NCCC[C@@H]2C(=O)O)s1. The summed E-state index contributed by atoms with van der Waals surface area (Å²) in [5, 5.41) is 13.4. The number of carboxylic acids is 1. The van der Waals surface area contributed by atoms with Crippen molar-refractivity contribution in [1.82, 2.24) is 10.3 Å². The Kier molecular flexibility index (Phi) is 3.02. The maximum atomic E-state index is 11.1. The third-order valence-corrected chi connectivity index (χ3v) is 3.72. The predicted octanol–water partition coefficient (Wildman–Crippen LogP) is 1.58. The fourth-order valence-electron chi connectivity index (χ4n) is 1.97. The molecule has 2 N–H and O–H groups in total. The Morgan fingerprint density at radius 2 is 2.53 bits per heavy atom. The first-order valence-corrected chi connectivity index (χ1v) is 5.88. The van der Waals surface area contributed by atoms with Crippen LogP contribution in [0.15, 0.2) is 6.20 Å². The van der Waals surface area contributed by atoms with E-state index in [0.717, 1.165) is 29.3 Å². The molecular formula is C10H14N2O2S. The van der Waals surface area contributed by atoms with Gasteiger partial charge in [0.25, 0.3) is 0 Å². The molecule has 1 aliphatic rings. The number of piperidine rings is 1. The summed E-state index contributed by atoms with van der Waals surface area (Å²) in [5.41, 5.74) is 0. The van der Waals surface area contributed by atoms with Crippen molar-refractivity contribution < 1.29 is 9.90 Å². The second-order valence-electron chi connectivity index (χ2n) is 3.80. The molecule has 1 fully saturated rings. The first-order chi connectivity index (χ1) is 7.18. The van der Waals surface area contributed by atoms with Gasteiger partial charge in [-0.1, -0.05) is 0 Å². The Hall–Kier alpha value is -0.940. The maximum absolute atomic E-state index is 11.1. The van der Waals surface area contributed by atoms with E-state index in [9.17, 15) is 4.79 Å². The Balaban J connectivity index is 2.21. The van der Waals surface area contributed by atoms with Gasteiger partial charge in [-0.05, 0) is 26.3 Å². The van der Waals surface area contributed by atoms with E-state index in [4.69, 9.17) is 5.11 Å². The molecule has 82 valence electrons. The molecule has 0 amide bonds. The number of thiazole rings is 1. The number of aromatic nitrogens is 1. The minimum Gasteiger partial charge on any atom is -0.481 e. The molecule has 0 aliphatic carbocycles. The zero-order valence-electron chi connectivity index (χ0n) is 8.56. The van der Waals surface area contributed by atoms with Crippen molar-refractivity contribution in [2.75, 3.05) is 6.54 Å². The van der Waals surface area contributed by atoms with Gasteiger partial charge in [0.1, 0.15) is 0 Å². The van der Waals surface area contributed by atoms with E-state index in [1.807, 2.05) is 6.92 Å². The summed E-state index contributed by atoms with van der Waals surface area (Å²) in [6.45, 7) is 2.83. The molecule has 0 unspecified atom stereocenters. The average molecular weight is 226 g/mol. The summed E-state index contributed by atoms with van der Waals surface area (Å²) >= 11 is 1.58. The lowest BCUT2D eigenvalue weighted by atomic mass is 9.90. The van der Waals surface area contributed by atoms with Crippen molar-refractivity contribution in [3.63, 3.8) is 0 Å². The van der Waals surface area contributed by atoms with Gasteiger partial charge in [-0.2, -0.15) is 0 Å². The summed E-state index contributed by atoms with van der Waals surface area (Å²) in [5.74, 6) is -1.02. The molecule has 0 saturated carbocycles. The number of aryl methyl sites for hydroxylation is 1. The molecule has 0 aromatic carbocycles. The monoisotopic (exact) mass is 226 g/mol. The molecule has 2 heterocycles. The van der Waals surface area contributed by atoms with Gasteiger partial charge >= 0.3 is 5.97 Å². The zero-order valence-corrected chi connectivity index (χ0v) is 9.38. The third kappa shape index (κ3) is 2.18. The largest absolute Gasteiger partial charge is 0.481 e. The lowest BCUT2D eigenvalue weighted by Gasteiger charge is -2.28. The summed E-state index contributed by atoms with van der Waals surface area (Å²) in [4.78, 5) is 16.3. The topological polar surface area (TPSA) is 62.2 Å². The molecular weight excluding hydrogens is 212 g/mol. The van der Waals surface area contributed by atoms with Crippen LogP contribution >= 0.6 is 11.3 Å². The van der Waals surface area contributed by atoms with Crippen LogP contribution in [0, 0.1) is 12.8 Å². The number of rotatable bonds is 2. The molecule has 1 aromatic heterocycles. The van der Waals surface area contributed by atoms with Crippen LogP contribution in [0.2, 0.25) is 0 Å². The molecule has 2 rings (SSSR count). The van der Waals surface area contributed by atoms with Gasteiger partial charge in [0.05, 0.1) is 17.0 Å². The number of hydrogen-bond donors (Lipinski definition) is 2. The highest BCUT2D eigenvalue weighted by Gasteiger charge is 2.32. The fourth-order valence-corrected chi connectivity index (χ4v) is 2.90. The van der Waals surface area contributed by atoms with Crippen molar-refractivity contribution in [1.29, 1.82) is 0 Å². The van der Waals surface area contributed by atoms with Gasteiger partial charge in [0.2, 0.25) is 0 Å². The maximum Gasteiger partial charge on any atom is 0.308 e. The first kappa shape index (κ1) is 10.6. The smallest absolute Gasteiger partial charge is 0.308 e. The van der Waals surface area contributed by atoms with Crippen LogP contribution < -0.4 is 5.32 Å². The minimum atomic E-state index is -0.710. The third-order valence-electron chi connectivity index (χ3n) is 2.72. The average Bonchev–Trinajstić information content (AvgIpc) is 2.65. The number of carbonyl (C=O) groups is 1. The molecule has 5 heteroatoms. The van der Waals surface area contributed by atoms with Gasteiger partial charge in [0, 0.05) is 11.1 Å². The highest BCUT2D eigenvalue weighted by Crippen LogP contribution is 2.32. The number of nitrogens with one attached hydrogen (secondary N) is 1. The fraction of sp³-hybridized carbons (Fsp3) is 0.600. The van der Waals surface area contributed by atoms with Crippen molar-refractivity contribution in [3.8, 4) is 0 Å². The lowest BCUT2D eigenvalue weighted by molar-refractivity contribution is -0.143. The van der Waals surface area contributed by atoms with E-state index in [-0.39, 0.29) is 12.0 Å². The van der Waals surface area contributed by atoms with Crippen molar-refractivity contribution in [2.45, 2.75) is 25.8 Å². The normalized spacial score (nSPS) is 26.5. The Labute approximate surface area is 92.3 Å². The van der Waals surface area contributed by atoms with Gasteiger partial charge in [-0.3, -0.25) is 4.79 Å². The van der Waals surface area contributed by atoms with Crippen LogP contribution in [0.5, 0.6) is 0 Å². The Morgan fingerprint density at radius 1 is 1.73 bits per heavy atom. The van der Waals surface area contributed by atoms with E-state index in [0.29, 0.717) is 0 Å². The van der Waals surface area contributed by atoms with Crippen LogP contribution in [0.3, 0.4) is 0 Å². The quantitative estimate of drug-likeness (QED) is 0.803. The van der Waals surface area contributed by atoms with Crippen molar-refractivity contribution in [3.05, 3.63) is 16.1 Å². The molecule has 1 aromatic rings. The minimum absolute atomic E-state index is 0.0533. The van der Waals surface area contributed by atoms with Crippen molar-refractivity contribution >= 4 is 17.3 Å². The zero-order chi connectivity index (χ0) is 10.8. The standard InChI is InChI=1S/C10H14N2O2S/c1-6-12-5-8(15-6)9-7(10(13)14)3-2-4-11-9/h5,7,9,11H,2-4H2,1H3,(H,13,14)/t7-,9-/m0/s1. The van der Waals surface area contributed by atoms with Gasteiger partial charge < -0.3 is 10.4 Å². The van der Waals surface area contributed by atoms with Gasteiger partial charge in [-0.15, -0.1) is 11.3 Å². The Bertz CT molecular complexity index is 364. The molecule has 0 spiro atoms. The summed E-state index contributed by atoms with van der Waals surface area (Å²) < 4.78 is 0. The second kappa shape index (κ2) is 4.28. The predicted molar refractivity (Wildman–Crippen MR) is 58.0 cm³/mol. The van der Waals surface area contributed by atoms with Crippen LogP contribution in [-0.2, 0) is 4.79 Å². The molecule has 15 heavy (non-hydrogen) atoms. The van der Waals surface area contributed by atoms with Gasteiger partial charge in [0.15, 0.2) is 0 Å². The molecule has 0 radical (unpaired) electrons. The number of aliphatic carboxylic acids is 1. The van der Waals surface area contributed by atoms with E-state index in [1.165, 1.54) is 0 Å². The van der Waals surface area contributed by atoms with E-state index in [2.05, 4.69) is 10.3 Å². The number of carboxylic acid groups (broad SMARTS) is 1. The van der Waals surface area contributed by atoms with Crippen LogP contribution in [0.25, 0.3) is 0 Å². The molecule has 2 atom stereocenters. The lowest BCUT2D eigenvalue weighted by Crippen LogP contribution is -2.37. The van der Waals surface area contributed by atoms with E-state index < -0.39 is 5.97 Å². The number of nitrogens with zero attached hydrogens (tertiary/aromatic N) is 1. The van der Waals surface area contributed by atoms with Crippen LogP contribution in [0.4, 0.5) is 0 Å². The molecule has 1 aliphatic heterocycles. The van der Waals surface area contributed by atoms with Crippen molar-refractivity contribution in [2.24, 2.45) is 5.92 Å². The summed E-state index contributed by atoms with van der Waals surface area (Å²) in [6.07, 6.45) is 3.48. The second-order valence-corrected chi connectivity index (χ2v) is 5.07. The first-order valence-electron chi connectivity index (χ1n) is 5.07. The molecule has 4 nitrogen and oxygen atoms in total. The molecule has 0 bridgehead atoms. The van der Waals surface area contributed by atoms with Crippen LogP contribution in [0.1, 0.15) is 28.8 Å². The Morgan fingerprint density at radius 3 is 3.13 bits per heavy atom. The van der Waals surface area contributed by atoms with Crippen LogP contribution in [-0.4, -0.2) is 22.6 Å². The van der Waals surface area contributed by atoms with E-state index in [1.54, 1.807) is 17.5 Å². The summed E-state index contributed by atoms with van der Waals surface area (Å²) in [6, 6.07) is -0.0533. The molecule has 1 saturated heterocycles.